The maximum Gasteiger partial charge on any atom is 0.295 e. The molecule has 2 aromatic carbocycles. The van der Waals surface area contributed by atoms with Gasteiger partial charge in [0.1, 0.15) is 24.6 Å². The number of morpholine rings is 1. The van der Waals surface area contributed by atoms with Gasteiger partial charge >= 0.3 is 0 Å². The van der Waals surface area contributed by atoms with Crippen LogP contribution in [0, 0.1) is 0 Å². The van der Waals surface area contributed by atoms with E-state index in [1.165, 1.54) is 12.0 Å². The highest BCUT2D eigenvalue weighted by atomic mass is 16.5. The Morgan fingerprint density at radius 3 is 2.33 bits per heavy atom. The Hall–Kier alpha value is -3.56. The third kappa shape index (κ3) is 5.17. The Morgan fingerprint density at radius 2 is 1.69 bits per heavy atom. The molecule has 2 heterocycles. The zero-order chi connectivity index (χ0) is 25.7. The summed E-state index contributed by atoms with van der Waals surface area (Å²) >= 11 is 0. The highest BCUT2D eigenvalue weighted by Gasteiger charge is 2.46. The number of rotatable bonds is 9. The Balaban J connectivity index is 1.71. The summed E-state index contributed by atoms with van der Waals surface area (Å²) in [5, 5.41) is 11.2. The average molecular weight is 498 g/mol. The first-order valence-electron chi connectivity index (χ1n) is 12.0. The number of Topliss-reactive ketones (excluding diaryl/α,β-unsaturated/α-hetero) is 1. The normalized spacial score (nSPS) is 20.0. The molecule has 2 aromatic rings. The van der Waals surface area contributed by atoms with Gasteiger partial charge in [-0.25, -0.2) is 0 Å². The van der Waals surface area contributed by atoms with Crippen molar-refractivity contribution in [3.63, 3.8) is 0 Å². The van der Waals surface area contributed by atoms with Gasteiger partial charge in [0.25, 0.3) is 11.7 Å². The second-order valence-electron chi connectivity index (χ2n) is 8.80. The van der Waals surface area contributed by atoms with Gasteiger partial charge in [0.15, 0.2) is 11.5 Å². The second kappa shape index (κ2) is 11.5. The molecule has 1 unspecified atom stereocenters. The minimum Gasteiger partial charge on any atom is -0.507 e. The third-order valence-corrected chi connectivity index (χ3v) is 6.76. The molecule has 0 saturated carbocycles. The molecule has 2 saturated heterocycles. The molecule has 2 aliphatic rings. The molecule has 9 heteroatoms. The van der Waals surface area contributed by atoms with E-state index in [0.717, 1.165) is 32.8 Å². The molecule has 36 heavy (non-hydrogen) atoms. The number of likely N-dealkylation sites (tertiary alicyclic amines) is 1. The predicted molar refractivity (Wildman–Crippen MR) is 133 cm³/mol. The van der Waals surface area contributed by atoms with E-state index in [1.807, 2.05) is 0 Å². The highest BCUT2D eigenvalue weighted by Crippen LogP contribution is 2.42. The van der Waals surface area contributed by atoms with Crippen LogP contribution in [-0.4, -0.2) is 82.4 Å². The van der Waals surface area contributed by atoms with Crippen molar-refractivity contribution < 1.29 is 38.5 Å². The van der Waals surface area contributed by atoms with E-state index < -0.39 is 17.7 Å². The fourth-order valence-corrected chi connectivity index (χ4v) is 4.79. The number of ketones is 1. The quantitative estimate of drug-likeness (QED) is 0.307. The predicted octanol–water partition coefficient (Wildman–Crippen LogP) is 1.44. The summed E-state index contributed by atoms with van der Waals surface area (Å²) in [5.74, 6) is 0.0712. The monoisotopic (exact) mass is 497 g/mol. The van der Waals surface area contributed by atoms with Gasteiger partial charge in [0, 0.05) is 18.5 Å². The summed E-state index contributed by atoms with van der Waals surface area (Å²) in [6.07, 6.45) is 0.717. The van der Waals surface area contributed by atoms with Crippen molar-refractivity contribution in [3.05, 3.63) is 59.2 Å². The smallest absolute Gasteiger partial charge is 0.295 e. The molecule has 0 radical (unpaired) electrons. The lowest BCUT2D eigenvalue weighted by Gasteiger charge is -2.28. The lowest BCUT2D eigenvalue weighted by Crippen LogP contribution is -3.14. The van der Waals surface area contributed by atoms with E-state index in [1.54, 1.807) is 61.6 Å². The van der Waals surface area contributed by atoms with Gasteiger partial charge in [-0.2, -0.15) is 0 Å². The van der Waals surface area contributed by atoms with Crippen molar-refractivity contribution in [2.45, 2.75) is 12.5 Å². The largest absolute Gasteiger partial charge is 0.507 e. The maximum absolute atomic E-state index is 13.3. The summed E-state index contributed by atoms with van der Waals surface area (Å²) in [5.41, 5.74) is 1.13. The van der Waals surface area contributed by atoms with Crippen LogP contribution in [0.2, 0.25) is 0 Å². The number of hydrogen-bond acceptors (Lipinski definition) is 7. The third-order valence-electron chi connectivity index (χ3n) is 6.76. The summed E-state index contributed by atoms with van der Waals surface area (Å²) in [6.45, 7) is 4.56. The van der Waals surface area contributed by atoms with Gasteiger partial charge in [-0.05, 0) is 42.0 Å². The fourth-order valence-electron chi connectivity index (χ4n) is 4.79. The first-order valence-corrected chi connectivity index (χ1v) is 12.0. The van der Waals surface area contributed by atoms with E-state index in [-0.39, 0.29) is 11.3 Å². The van der Waals surface area contributed by atoms with Crippen LogP contribution in [0.5, 0.6) is 17.2 Å². The van der Waals surface area contributed by atoms with Crippen molar-refractivity contribution >= 4 is 17.4 Å². The molecule has 1 amide bonds. The molecule has 192 valence electrons. The van der Waals surface area contributed by atoms with Gasteiger partial charge in [-0.15, -0.1) is 0 Å². The highest BCUT2D eigenvalue weighted by molar-refractivity contribution is 6.46. The zero-order valence-corrected chi connectivity index (χ0v) is 20.9. The molecule has 9 nitrogen and oxygen atoms in total. The number of carbonyl (C=O) groups is 2. The summed E-state index contributed by atoms with van der Waals surface area (Å²) < 4.78 is 21.5. The van der Waals surface area contributed by atoms with Crippen LogP contribution >= 0.6 is 0 Å². The Labute approximate surface area is 210 Å². The summed E-state index contributed by atoms with van der Waals surface area (Å²) in [7, 11) is 4.62. The Morgan fingerprint density at radius 1 is 1.00 bits per heavy atom. The molecule has 0 bridgehead atoms. The molecule has 2 N–H and O–H groups in total. The average Bonchev–Trinajstić information content (AvgIpc) is 3.18. The van der Waals surface area contributed by atoms with Crippen LogP contribution < -0.4 is 19.1 Å². The number of hydrogen-bond donors (Lipinski definition) is 2. The molecular formula is C27H33N2O7+. The van der Waals surface area contributed by atoms with Crippen molar-refractivity contribution in [2.24, 2.45) is 0 Å². The molecule has 2 aliphatic heterocycles. The summed E-state index contributed by atoms with van der Waals surface area (Å²) in [4.78, 5) is 29.5. The van der Waals surface area contributed by atoms with Gasteiger partial charge in [-0.1, -0.05) is 6.07 Å². The number of ether oxygens (including phenoxy) is 4. The van der Waals surface area contributed by atoms with Crippen molar-refractivity contribution in [1.29, 1.82) is 0 Å². The lowest BCUT2D eigenvalue weighted by molar-refractivity contribution is -0.908. The first kappa shape index (κ1) is 25.5. The van der Waals surface area contributed by atoms with Crippen molar-refractivity contribution in [1.82, 2.24) is 4.90 Å². The fraction of sp³-hybridized carbons (Fsp3) is 0.407. The van der Waals surface area contributed by atoms with Gasteiger partial charge in [0.2, 0.25) is 0 Å². The molecular weight excluding hydrogens is 464 g/mol. The number of benzene rings is 2. The minimum atomic E-state index is -0.758. The first-order chi connectivity index (χ1) is 17.5. The number of nitrogens with zero attached hydrogens (tertiary/aromatic N) is 1. The topological polar surface area (TPSA) is 99.0 Å². The molecule has 1 atom stereocenters. The van der Waals surface area contributed by atoms with Crippen LogP contribution in [0.15, 0.2) is 48.0 Å². The molecule has 2 fully saturated rings. The van der Waals surface area contributed by atoms with Gasteiger partial charge in [-0.3, -0.25) is 9.59 Å². The number of amides is 1. The van der Waals surface area contributed by atoms with Crippen LogP contribution in [0.25, 0.3) is 5.76 Å². The second-order valence-corrected chi connectivity index (χ2v) is 8.80. The van der Waals surface area contributed by atoms with E-state index in [4.69, 9.17) is 18.9 Å². The lowest BCUT2D eigenvalue weighted by atomic mass is 9.95. The SMILES string of the molecule is COc1ccc(C(O)=C2C(=O)C(=O)N(CCC[NH+]3CCOCC3)C2c2ccc(OC)c(OC)c2)cc1. The van der Waals surface area contributed by atoms with E-state index in [0.29, 0.717) is 41.3 Å². The number of aliphatic hydroxyl groups excluding tert-OH is 1. The van der Waals surface area contributed by atoms with E-state index in [9.17, 15) is 14.7 Å². The van der Waals surface area contributed by atoms with Gasteiger partial charge in [0.05, 0.1) is 52.7 Å². The molecule has 4 rings (SSSR count). The number of aliphatic hydroxyl groups is 1. The number of nitrogens with one attached hydrogen (secondary N) is 1. The Kier molecular flexibility index (Phi) is 8.12. The minimum absolute atomic E-state index is 0.0520. The standard InChI is InChI=1S/C27H32N2O7/c1-33-20-8-5-18(6-9-20)25(30)23-24(19-7-10-21(34-2)22(17-19)35-3)29(27(32)26(23)31)12-4-11-28-13-15-36-16-14-28/h5-10,17,24,30H,4,11-16H2,1-3H3/p+1. The van der Waals surface area contributed by atoms with Crippen LogP contribution in [0.1, 0.15) is 23.6 Å². The van der Waals surface area contributed by atoms with Crippen LogP contribution in [0.3, 0.4) is 0 Å². The van der Waals surface area contributed by atoms with Crippen molar-refractivity contribution in [3.8, 4) is 17.2 Å². The van der Waals surface area contributed by atoms with E-state index in [2.05, 4.69) is 0 Å². The van der Waals surface area contributed by atoms with Crippen LogP contribution in [-0.2, 0) is 14.3 Å². The molecule has 0 spiro atoms. The number of methoxy groups -OCH3 is 3. The van der Waals surface area contributed by atoms with Gasteiger partial charge < -0.3 is 33.9 Å². The van der Waals surface area contributed by atoms with Crippen molar-refractivity contribution in [2.75, 3.05) is 60.7 Å². The number of quaternary nitrogens is 1. The van der Waals surface area contributed by atoms with E-state index >= 15 is 0 Å². The van der Waals surface area contributed by atoms with Crippen LogP contribution in [0.4, 0.5) is 0 Å². The molecule has 0 aromatic heterocycles. The molecule has 0 aliphatic carbocycles. The Bertz CT molecular complexity index is 1120. The zero-order valence-electron chi connectivity index (χ0n) is 20.9. The summed E-state index contributed by atoms with van der Waals surface area (Å²) in [6, 6.07) is 11.2. The number of carbonyl (C=O) groups excluding carboxylic acids is 2. The maximum atomic E-state index is 13.3.